The summed E-state index contributed by atoms with van der Waals surface area (Å²) < 4.78 is 5.16. The zero-order valence-electron chi connectivity index (χ0n) is 13.8. The molecule has 1 N–H and O–H groups in total. The van der Waals surface area contributed by atoms with Gasteiger partial charge in [-0.25, -0.2) is 0 Å². The smallest absolute Gasteiger partial charge is 0.256 e. The Kier molecular flexibility index (Phi) is 5.18. The molecule has 5 heteroatoms. The van der Waals surface area contributed by atoms with E-state index < -0.39 is 6.10 Å². The summed E-state index contributed by atoms with van der Waals surface area (Å²) >= 11 is 0. The van der Waals surface area contributed by atoms with Gasteiger partial charge in [0.05, 0.1) is 7.11 Å². The molecule has 1 unspecified atom stereocenters. The van der Waals surface area contributed by atoms with Crippen molar-refractivity contribution >= 4 is 5.91 Å². The first-order chi connectivity index (χ1) is 11.2. The minimum Gasteiger partial charge on any atom is -0.497 e. The normalized spacial score (nSPS) is 21.4. The van der Waals surface area contributed by atoms with E-state index in [1.165, 1.54) is 25.7 Å². The van der Waals surface area contributed by atoms with E-state index in [1.54, 1.807) is 36.3 Å². The lowest BCUT2D eigenvalue weighted by Gasteiger charge is -2.38. The van der Waals surface area contributed by atoms with Crippen LogP contribution in [0.15, 0.2) is 24.3 Å². The molecule has 23 heavy (non-hydrogen) atoms. The van der Waals surface area contributed by atoms with Gasteiger partial charge in [0, 0.05) is 32.2 Å². The average Bonchev–Trinajstić information content (AvgIpc) is 3.15. The summed E-state index contributed by atoms with van der Waals surface area (Å²) in [6.07, 6.45) is 4.14. The maximum Gasteiger partial charge on any atom is 0.256 e. The summed E-state index contributed by atoms with van der Waals surface area (Å²) in [6.45, 7) is 3.25. The van der Waals surface area contributed by atoms with Crippen LogP contribution in [-0.4, -0.2) is 60.1 Å². The van der Waals surface area contributed by atoms with Crippen molar-refractivity contribution in [2.24, 2.45) is 0 Å². The Balaban J connectivity index is 1.57. The van der Waals surface area contributed by atoms with E-state index in [0.717, 1.165) is 13.1 Å². The van der Waals surface area contributed by atoms with Crippen molar-refractivity contribution in [3.63, 3.8) is 0 Å². The highest BCUT2D eigenvalue weighted by Crippen LogP contribution is 2.25. The van der Waals surface area contributed by atoms with Gasteiger partial charge in [-0.15, -0.1) is 0 Å². The zero-order chi connectivity index (χ0) is 16.2. The third kappa shape index (κ3) is 3.67. The summed E-state index contributed by atoms with van der Waals surface area (Å²) in [4.78, 5) is 16.8. The van der Waals surface area contributed by atoms with E-state index >= 15 is 0 Å². The molecule has 1 amide bonds. The predicted octanol–water partition coefficient (Wildman–Crippen LogP) is 1.82. The Bertz CT molecular complexity index is 535. The summed E-state index contributed by atoms with van der Waals surface area (Å²) in [7, 11) is 1.58. The first kappa shape index (κ1) is 16.3. The van der Waals surface area contributed by atoms with E-state index in [9.17, 15) is 9.90 Å². The van der Waals surface area contributed by atoms with Crippen LogP contribution in [-0.2, 0) is 4.79 Å². The fourth-order valence-electron chi connectivity index (χ4n) is 3.70. The molecule has 0 spiro atoms. The van der Waals surface area contributed by atoms with Gasteiger partial charge in [-0.1, -0.05) is 25.0 Å². The van der Waals surface area contributed by atoms with Crippen LogP contribution >= 0.6 is 0 Å². The van der Waals surface area contributed by atoms with Crippen LogP contribution in [0.5, 0.6) is 5.75 Å². The maximum atomic E-state index is 12.5. The van der Waals surface area contributed by atoms with Crippen LogP contribution in [0.1, 0.15) is 37.4 Å². The van der Waals surface area contributed by atoms with E-state index in [4.69, 9.17) is 4.74 Å². The molecule has 2 aliphatic rings. The minimum atomic E-state index is -1.11. The summed E-state index contributed by atoms with van der Waals surface area (Å²) in [5.41, 5.74) is 0.590. The van der Waals surface area contributed by atoms with Crippen molar-refractivity contribution < 1.29 is 14.6 Å². The number of carbonyl (C=O) groups excluding carboxylic acids is 1. The molecule has 1 saturated heterocycles. The third-order valence-corrected chi connectivity index (χ3v) is 5.11. The molecule has 1 aromatic rings. The molecule has 1 aliphatic carbocycles. The number of hydrogen-bond acceptors (Lipinski definition) is 4. The zero-order valence-corrected chi connectivity index (χ0v) is 13.8. The molecule has 1 aromatic carbocycles. The fraction of sp³-hybridized carbons (Fsp3) is 0.611. The van der Waals surface area contributed by atoms with Crippen molar-refractivity contribution in [2.45, 2.75) is 37.8 Å². The molecule has 1 atom stereocenters. The van der Waals surface area contributed by atoms with Crippen molar-refractivity contribution in [1.82, 2.24) is 9.80 Å². The van der Waals surface area contributed by atoms with Gasteiger partial charge in [0.15, 0.2) is 6.10 Å². The molecule has 126 valence electrons. The van der Waals surface area contributed by atoms with Gasteiger partial charge in [0.25, 0.3) is 5.91 Å². The molecule has 0 radical (unpaired) electrons. The third-order valence-electron chi connectivity index (χ3n) is 5.11. The second kappa shape index (κ2) is 7.32. The number of ether oxygens (including phenoxy) is 1. The van der Waals surface area contributed by atoms with E-state index in [-0.39, 0.29) is 5.91 Å². The topological polar surface area (TPSA) is 53.0 Å². The number of rotatable bonds is 4. The summed E-state index contributed by atoms with van der Waals surface area (Å²) in [6, 6.07) is 7.79. The van der Waals surface area contributed by atoms with Gasteiger partial charge in [0.1, 0.15) is 5.75 Å². The van der Waals surface area contributed by atoms with Crippen LogP contribution in [0.2, 0.25) is 0 Å². The van der Waals surface area contributed by atoms with Gasteiger partial charge in [-0.05, 0) is 30.5 Å². The molecule has 5 nitrogen and oxygen atoms in total. The Morgan fingerprint density at radius 2 is 1.91 bits per heavy atom. The van der Waals surface area contributed by atoms with E-state index in [1.807, 2.05) is 0 Å². The number of nitrogens with zero attached hydrogens (tertiary/aromatic N) is 2. The quantitative estimate of drug-likeness (QED) is 0.920. The second-order valence-electron chi connectivity index (χ2n) is 6.48. The van der Waals surface area contributed by atoms with Crippen molar-refractivity contribution in [1.29, 1.82) is 0 Å². The van der Waals surface area contributed by atoms with Gasteiger partial charge in [-0.3, -0.25) is 9.69 Å². The second-order valence-corrected chi connectivity index (χ2v) is 6.48. The highest BCUT2D eigenvalue weighted by molar-refractivity contribution is 5.82. The van der Waals surface area contributed by atoms with Crippen molar-refractivity contribution in [2.75, 3.05) is 33.3 Å². The Hall–Kier alpha value is -1.59. The first-order valence-electron chi connectivity index (χ1n) is 8.54. The number of amides is 1. The monoisotopic (exact) mass is 318 g/mol. The number of carbonyl (C=O) groups is 1. The van der Waals surface area contributed by atoms with Crippen LogP contribution in [0, 0.1) is 0 Å². The number of aliphatic hydroxyl groups excluding tert-OH is 1. The SMILES string of the molecule is COc1cccc(C(O)C(=O)N2CCN(C3CCCC3)CC2)c1. The number of benzene rings is 1. The van der Waals surface area contributed by atoms with Crippen LogP contribution in [0.4, 0.5) is 0 Å². The Labute approximate surface area is 137 Å². The number of hydrogen-bond donors (Lipinski definition) is 1. The number of methoxy groups -OCH3 is 1. The predicted molar refractivity (Wildman–Crippen MR) is 88.4 cm³/mol. The highest BCUT2D eigenvalue weighted by Gasteiger charge is 2.30. The fourth-order valence-corrected chi connectivity index (χ4v) is 3.70. The lowest BCUT2D eigenvalue weighted by atomic mass is 10.1. The molecular weight excluding hydrogens is 292 g/mol. The van der Waals surface area contributed by atoms with E-state index in [2.05, 4.69) is 4.90 Å². The molecule has 0 aromatic heterocycles. The van der Waals surface area contributed by atoms with Crippen molar-refractivity contribution in [3.8, 4) is 5.75 Å². The molecule has 0 bridgehead atoms. The molecule has 3 rings (SSSR count). The van der Waals surface area contributed by atoms with Crippen LogP contribution in [0.3, 0.4) is 0 Å². The molecule has 1 aliphatic heterocycles. The largest absolute Gasteiger partial charge is 0.497 e. The lowest BCUT2D eigenvalue weighted by Crippen LogP contribution is -2.52. The number of piperazine rings is 1. The van der Waals surface area contributed by atoms with Crippen LogP contribution in [0.25, 0.3) is 0 Å². The van der Waals surface area contributed by atoms with E-state index in [0.29, 0.717) is 30.4 Å². The molecule has 1 saturated carbocycles. The summed E-state index contributed by atoms with van der Waals surface area (Å²) in [5, 5.41) is 10.4. The molecule has 2 fully saturated rings. The lowest BCUT2D eigenvalue weighted by molar-refractivity contribution is -0.142. The average molecular weight is 318 g/mol. The van der Waals surface area contributed by atoms with Gasteiger partial charge in [0.2, 0.25) is 0 Å². The van der Waals surface area contributed by atoms with Crippen molar-refractivity contribution in [3.05, 3.63) is 29.8 Å². The maximum absolute atomic E-state index is 12.5. The van der Waals surface area contributed by atoms with Gasteiger partial charge >= 0.3 is 0 Å². The van der Waals surface area contributed by atoms with Crippen LogP contribution < -0.4 is 4.74 Å². The molecule has 1 heterocycles. The number of aliphatic hydroxyl groups is 1. The van der Waals surface area contributed by atoms with Gasteiger partial charge < -0.3 is 14.7 Å². The molecular formula is C18H26N2O3. The standard InChI is InChI=1S/C18H26N2O3/c1-23-16-8-4-5-14(13-16)17(21)18(22)20-11-9-19(10-12-20)15-6-2-3-7-15/h4-5,8,13,15,17,21H,2-3,6-7,9-12H2,1H3. The minimum absolute atomic E-state index is 0.204. The highest BCUT2D eigenvalue weighted by atomic mass is 16.5. The summed E-state index contributed by atoms with van der Waals surface area (Å²) in [5.74, 6) is 0.449. The Morgan fingerprint density at radius 3 is 2.57 bits per heavy atom. The first-order valence-corrected chi connectivity index (χ1v) is 8.54. The van der Waals surface area contributed by atoms with Gasteiger partial charge in [-0.2, -0.15) is 0 Å². The Morgan fingerprint density at radius 1 is 1.22 bits per heavy atom.